The van der Waals surface area contributed by atoms with Crippen LogP contribution in [0.4, 0.5) is 4.39 Å². The molecule has 8 heteroatoms. The van der Waals surface area contributed by atoms with Crippen molar-refractivity contribution >= 4 is 12.2 Å². The highest BCUT2D eigenvalue weighted by molar-refractivity contribution is 7.71. The molecule has 0 radical (unpaired) electrons. The van der Waals surface area contributed by atoms with Crippen molar-refractivity contribution < 1.29 is 9.13 Å². The van der Waals surface area contributed by atoms with Crippen molar-refractivity contribution in [3.63, 3.8) is 0 Å². The van der Waals surface area contributed by atoms with Crippen LogP contribution >= 0.6 is 12.2 Å². The Balaban J connectivity index is 1.77. The van der Waals surface area contributed by atoms with E-state index >= 15 is 0 Å². The summed E-state index contributed by atoms with van der Waals surface area (Å²) in [6.45, 7) is 6.36. The Labute approximate surface area is 174 Å². The van der Waals surface area contributed by atoms with Crippen molar-refractivity contribution in [3.8, 4) is 17.1 Å². The molecule has 1 fully saturated rings. The second-order valence-electron chi connectivity index (χ2n) is 7.27. The van der Waals surface area contributed by atoms with E-state index in [1.54, 1.807) is 24.5 Å². The minimum absolute atomic E-state index is 0.172. The molecule has 1 aliphatic heterocycles. The quantitative estimate of drug-likeness (QED) is 0.591. The molecule has 3 heterocycles. The molecule has 4 rings (SSSR count). The largest absolute Gasteiger partial charge is 0.376 e. The molecule has 0 bridgehead atoms. The zero-order valence-corrected chi connectivity index (χ0v) is 17.3. The lowest BCUT2D eigenvalue weighted by Crippen LogP contribution is -2.49. The zero-order valence-electron chi connectivity index (χ0n) is 16.5. The molecule has 152 valence electrons. The number of halogens is 1. The lowest BCUT2D eigenvalue weighted by atomic mass is 10.1. The normalized spacial score (nSPS) is 20.1. The molecule has 0 spiro atoms. The molecule has 0 unspecified atom stereocenters. The Kier molecular flexibility index (Phi) is 5.84. The molecule has 1 aliphatic rings. The lowest BCUT2D eigenvalue weighted by molar-refractivity contribution is -0.0689. The standard InChI is InChI=1S/C21H24FN5OS/c1-3-18-13-28-15(2)12-25(18)14-26-21(29)27(19-6-4-17(22)5-7-19)20(24-26)16-8-10-23-11-9-16/h4-11,15,18H,3,12-14H2,1-2H3/t15-,18-/m1/s1. The number of rotatable bonds is 5. The molecule has 2 aromatic heterocycles. The first-order chi connectivity index (χ1) is 14.1. The molecule has 0 amide bonds. The van der Waals surface area contributed by atoms with Gasteiger partial charge < -0.3 is 4.74 Å². The summed E-state index contributed by atoms with van der Waals surface area (Å²) in [5.41, 5.74) is 1.67. The van der Waals surface area contributed by atoms with Gasteiger partial charge in [-0.15, -0.1) is 5.10 Å². The molecule has 3 aromatic rings. The average Bonchev–Trinajstić information content (AvgIpc) is 3.06. The molecular weight excluding hydrogens is 389 g/mol. The van der Waals surface area contributed by atoms with Crippen LogP contribution < -0.4 is 0 Å². The molecular formula is C21H24FN5OS. The van der Waals surface area contributed by atoms with E-state index in [0.29, 0.717) is 29.9 Å². The highest BCUT2D eigenvalue weighted by Gasteiger charge is 2.27. The summed E-state index contributed by atoms with van der Waals surface area (Å²) in [7, 11) is 0. The van der Waals surface area contributed by atoms with Gasteiger partial charge in [0.05, 0.1) is 25.1 Å². The SMILES string of the molecule is CC[C@@H]1CO[C@H](C)CN1Cn1nc(-c2ccncc2)n(-c2ccc(F)cc2)c1=S. The van der Waals surface area contributed by atoms with E-state index in [1.165, 1.54) is 12.1 Å². The van der Waals surface area contributed by atoms with Gasteiger partial charge in [-0.05, 0) is 62.0 Å². The van der Waals surface area contributed by atoms with Crippen LogP contribution in [0.1, 0.15) is 20.3 Å². The Morgan fingerprint density at radius 3 is 2.59 bits per heavy atom. The predicted molar refractivity (Wildman–Crippen MR) is 112 cm³/mol. The molecule has 0 aliphatic carbocycles. The smallest absolute Gasteiger partial charge is 0.204 e. The topological polar surface area (TPSA) is 48.1 Å². The summed E-state index contributed by atoms with van der Waals surface area (Å²) in [5.74, 6) is 0.421. The van der Waals surface area contributed by atoms with Gasteiger partial charge in [-0.3, -0.25) is 14.5 Å². The van der Waals surface area contributed by atoms with Crippen LogP contribution in [-0.2, 0) is 11.4 Å². The van der Waals surface area contributed by atoms with Gasteiger partial charge in [0.2, 0.25) is 4.77 Å². The Bertz CT molecular complexity index is 1020. The number of hydrogen-bond acceptors (Lipinski definition) is 5. The summed E-state index contributed by atoms with van der Waals surface area (Å²) in [4.78, 5) is 6.46. The van der Waals surface area contributed by atoms with E-state index in [2.05, 4.69) is 23.7 Å². The third-order valence-corrected chi connectivity index (χ3v) is 5.62. The van der Waals surface area contributed by atoms with Crippen LogP contribution in [0.15, 0.2) is 48.8 Å². The number of morpholine rings is 1. The van der Waals surface area contributed by atoms with Crippen LogP contribution in [0.3, 0.4) is 0 Å². The summed E-state index contributed by atoms with van der Waals surface area (Å²) in [6.07, 6.45) is 4.62. The van der Waals surface area contributed by atoms with Gasteiger partial charge >= 0.3 is 0 Å². The maximum Gasteiger partial charge on any atom is 0.204 e. The van der Waals surface area contributed by atoms with E-state index in [1.807, 2.05) is 21.4 Å². The first kappa shape index (κ1) is 19.9. The van der Waals surface area contributed by atoms with Gasteiger partial charge in [0.15, 0.2) is 5.82 Å². The predicted octanol–water partition coefficient (Wildman–Crippen LogP) is 4.06. The number of nitrogens with zero attached hydrogens (tertiary/aromatic N) is 5. The minimum atomic E-state index is -0.286. The number of hydrogen-bond donors (Lipinski definition) is 0. The fraction of sp³-hybridized carbons (Fsp3) is 0.381. The van der Waals surface area contributed by atoms with Crippen molar-refractivity contribution in [1.82, 2.24) is 24.2 Å². The van der Waals surface area contributed by atoms with E-state index in [4.69, 9.17) is 22.1 Å². The van der Waals surface area contributed by atoms with Crippen molar-refractivity contribution in [3.05, 3.63) is 59.4 Å². The fourth-order valence-corrected chi connectivity index (χ4v) is 3.94. The van der Waals surface area contributed by atoms with Crippen molar-refractivity contribution in [1.29, 1.82) is 0 Å². The Hall–Kier alpha value is -2.42. The average molecular weight is 414 g/mol. The number of benzene rings is 1. The third kappa shape index (κ3) is 4.14. The van der Waals surface area contributed by atoms with Gasteiger partial charge in [0.25, 0.3) is 0 Å². The Morgan fingerprint density at radius 2 is 1.90 bits per heavy atom. The summed E-state index contributed by atoms with van der Waals surface area (Å²) < 4.78 is 23.6. The lowest BCUT2D eigenvalue weighted by Gasteiger charge is -2.37. The third-order valence-electron chi connectivity index (χ3n) is 5.23. The summed E-state index contributed by atoms with van der Waals surface area (Å²) in [6, 6.07) is 10.4. The van der Waals surface area contributed by atoms with Crippen molar-refractivity contribution in [2.75, 3.05) is 13.2 Å². The highest BCUT2D eigenvalue weighted by Crippen LogP contribution is 2.23. The fourth-order valence-electron chi connectivity index (χ4n) is 3.64. The van der Waals surface area contributed by atoms with Crippen LogP contribution in [0.2, 0.25) is 0 Å². The molecule has 2 atom stereocenters. The van der Waals surface area contributed by atoms with Gasteiger partial charge in [0, 0.05) is 30.5 Å². The van der Waals surface area contributed by atoms with Gasteiger partial charge in [-0.25, -0.2) is 9.07 Å². The molecule has 0 saturated carbocycles. The Morgan fingerprint density at radius 1 is 1.17 bits per heavy atom. The van der Waals surface area contributed by atoms with E-state index < -0.39 is 0 Å². The van der Waals surface area contributed by atoms with E-state index in [-0.39, 0.29) is 11.9 Å². The maximum atomic E-state index is 13.5. The van der Waals surface area contributed by atoms with Crippen LogP contribution in [-0.4, -0.2) is 49.5 Å². The molecule has 1 aromatic carbocycles. The van der Waals surface area contributed by atoms with Gasteiger partial charge in [-0.2, -0.15) is 0 Å². The molecule has 1 saturated heterocycles. The van der Waals surface area contributed by atoms with Crippen LogP contribution in [0, 0.1) is 10.6 Å². The van der Waals surface area contributed by atoms with Gasteiger partial charge in [0.1, 0.15) is 5.82 Å². The number of aromatic nitrogens is 4. The van der Waals surface area contributed by atoms with E-state index in [9.17, 15) is 4.39 Å². The first-order valence-corrected chi connectivity index (χ1v) is 10.2. The van der Waals surface area contributed by atoms with Crippen LogP contribution in [0.5, 0.6) is 0 Å². The first-order valence-electron chi connectivity index (χ1n) is 9.78. The summed E-state index contributed by atoms with van der Waals surface area (Å²) >= 11 is 5.80. The minimum Gasteiger partial charge on any atom is -0.376 e. The van der Waals surface area contributed by atoms with Gasteiger partial charge in [-0.1, -0.05) is 6.92 Å². The molecule has 0 N–H and O–H groups in total. The van der Waals surface area contributed by atoms with Crippen molar-refractivity contribution in [2.45, 2.75) is 39.1 Å². The number of pyridine rings is 1. The highest BCUT2D eigenvalue weighted by atomic mass is 32.1. The molecule has 6 nitrogen and oxygen atoms in total. The van der Waals surface area contributed by atoms with Crippen LogP contribution in [0.25, 0.3) is 17.1 Å². The maximum absolute atomic E-state index is 13.5. The summed E-state index contributed by atoms with van der Waals surface area (Å²) in [5, 5.41) is 4.84. The second-order valence-corrected chi connectivity index (χ2v) is 7.64. The monoisotopic (exact) mass is 413 g/mol. The molecule has 29 heavy (non-hydrogen) atoms. The number of ether oxygens (including phenoxy) is 1. The zero-order chi connectivity index (χ0) is 20.4. The second kappa shape index (κ2) is 8.52. The van der Waals surface area contributed by atoms with Crippen molar-refractivity contribution in [2.24, 2.45) is 0 Å². The van der Waals surface area contributed by atoms with E-state index in [0.717, 1.165) is 24.2 Å².